The summed E-state index contributed by atoms with van der Waals surface area (Å²) in [6.45, 7) is 2.04. The Bertz CT molecular complexity index is 326. The molecule has 1 aromatic carbocycles. The van der Waals surface area contributed by atoms with Gasteiger partial charge in [0.25, 0.3) is 0 Å². The molecule has 0 unspecified atom stereocenters. The predicted octanol–water partition coefficient (Wildman–Crippen LogP) is 3.00. The molecule has 1 rings (SSSR count). The summed E-state index contributed by atoms with van der Waals surface area (Å²) < 4.78 is 5.65. The normalized spacial score (nSPS) is 8.93. The van der Waals surface area contributed by atoms with E-state index >= 15 is 0 Å². The first kappa shape index (κ1) is 14.8. The van der Waals surface area contributed by atoms with Gasteiger partial charge in [-0.3, -0.25) is 0 Å². The van der Waals surface area contributed by atoms with E-state index in [1.165, 1.54) is 7.11 Å². The molecule has 0 aliphatic carbocycles. The number of carbonyl (C=O) groups is 1. The van der Waals surface area contributed by atoms with Crippen molar-refractivity contribution in [1.82, 2.24) is 0 Å². The summed E-state index contributed by atoms with van der Waals surface area (Å²) in [5.41, 5.74) is 3.71. The number of esters is 1. The van der Waals surface area contributed by atoms with Gasteiger partial charge in [0.05, 0.1) is 12.7 Å². The van der Waals surface area contributed by atoms with Crippen LogP contribution in [-0.4, -0.2) is 30.8 Å². The Morgan fingerprint density at radius 2 is 2.07 bits per heavy atom. The number of rotatable bonds is 2. The number of benzene rings is 1. The van der Waals surface area contributed by atoms with Crippen LogP contribution in [0.5, 0.6) is 0 Å². The second-order valence-electron chi connectivity index (χ2n) is 2.65. The van der Waals surface area contributed by atoms with E-state index in [0.29, 0.717) is 5.56 Å². The van der Waals surface area contributed by atoms with E-state index in [2.05, 4.69) is 20.7 Å². The fraction of sp³-hybridized carbons (Fsp3) is 0.364. The van der Waals surface area contributed by atoms with Gasteiger partial charge in [0.1, 0.15) is 0 Å². The summed E-state index contributed by atoms with van der Waals surface area (Å²) in [4.78, 5) is 11.2. The molecule has 78 valence electrons. The number of hydrogen-bond donors (Lipinski definition) is 0. The van der Waals surface area contributed by atoms with Crippen molar-refractivity contribution in [2.45, 2.75) is 18.9 Å². The first-order valence-electron chi connectivity index (χ1n) is 5.05. The van der Waals surface area contributed by atoms with Crippen LogP contribution < -0.4 is 0 Å². The minimum absolute atomic E-state index is 0.290. The first-order chi connectivity index (χ1) is 7.19. The standard InChI is InChI=1S/C10H11BrO2.CH3.Li/c1-3-7-6-8(10(12)13-2)4-5-9(7)11;;/h4-6H,3H2,1-2H3;1H3;. The second-order valence-corrected chi connectivity index (χ2v) is 3.51. The van der Waals surface area contributed by atoms with Crippen LogP contribution in [-0.2, 0) is 11.2 Å². The van der Waals surface area contributed by atoms with Crippen molar-refractivity contribution in [3.05, 3.63) is 33.8 Å². The van der Waals surface area contributed by atoms with Crippen molar-refractivity contribution in [2.75, 3.05) is 7.11 Å². The summed E-state index contributed by atoms with van der Waals surface area (Å²) >= 11 is 5.41. The predicted molar refractivity (Wildman–Crippen MR) is 66.5 cm³/mol. The molecule has 2 nitrogen and oxygen atoms in total. The van der Waals surface area contributed by atoms with Crippen LogP contribution in [0.1, 0.15) is 22.8 Å². The van der Waals surface area contributed by atoms with Gasteiger partial charge in [0, 0.05) is 4.47 Å². The Kier molecular flexibility index (Phi) is 7.86. The Morgan fingerprint density at radius 1 is 1.47 bits per heavy atom. The summed E-state index contributed by atoms with van der Waals surface area (Å²) in [5, 5.41) is 0. The maximum atomic E-state index is 11.2. The van der Waals surface area contributed by atoms with E-state index in [-0.39, 0.29) is 5.97 Å². The van der Waals surface area contributed by atoms with E-state index in [4.69, 9.17) is 0 Å². The summed E-state index contributed by atoms with van der Waals surface area (Å²) in [6, 6.07) is 5.45. The second kappa shape index (κ2) is 7.98. The molecule has 0 N–H and O–H groups in total. The Morgan fingerprint density at radius 3 is 2.53 bits per heavy atom. The van der Waals surface area contributed by atoms with Crippen molar-refractivity contribution in [2.24, 2.45) is 0 Å². The van der Waals surface area contributed by atoms with E-state index < -0.39 is 0 Å². The molecule has 0 saturated carbocycles. The molecular weight excluding hydrogens is 251 g/mol. The van der Waals surface area contributed by atoms with Gasteiger partial charge >= 0.3 is 29.3 Å². The third-order valence-electron chi connectivity index (χ3n) is 1.85. The third kappa shape index (κ3) is 4.42. The Hall–Kier alpha value is -0.233. The van der Waals surface area contributed by atoms with E-state index in [9.17, 15) is 4.79 Å². The van der Waals surface area contributed by atoms with Gasteiger partial charge in [0.15, 0.2) is 0 Å². The maximum absolute atomic E-state index is 11.2. The number of hydrogen-bond acceptors (Lipinski definition) is 2. The first-order valence-corrected chi connectivity index (χ1v) is 5.85. The topological polar surface area (TPSA) is 26.3 Å². The quantitative estimate of drug-likeness (QED) is 0.607. The van der Waals surface area contributed by atoms with Crippen molar-refractivity contribution in [3.63, 3.8) is 0 Å². The molecule has 0 atom stereocenters. The van der Waals surface area contributed by atoms with Crippen molar-refractivity contribution in [1.29, 1.82) is 0 Å². The van der Waals surface area contributed by atoms with Crippen LogP contribution >= 0.6 is 15.9 Å². The number of methoxy groups -OCH3 is 1. The molecule has 0 heterocycles. The van der Waals surface area contributed by atoms with Crippen LogP contribution in [0.4, 0.5) is 0 Å². The fourth-order valence-corrected chi connectivity index (χ4v) is 1.62. The Labute approximate surface area is 109 Å². The average molecular weight is 265 g/mol. The van der Waals surface area contributed by atoms with Gasteiger partial charge in [0.2, 0.25) is 0 Å². The molecule has 0 radical (unpaired) electrons. The van der Waals surface area contributed by atoms with Crippen LogP contribution in [0, 0.1) is 0 Å². The average Bonchev–Trinajstić information content (AvgIpc) is 2.31. The van der Waals surface area contributed by atoms with Crippen molar-refractivity contribution >= 4 is 39.6 Å². The van der Waals surface area contributed by atoms with E-state index in [1.54, 1.807) is 6.07 Å². The van der Waals surface area contributed by atoms with Crippen molar-refractivity contribution < 1.29 is 9.53 Å². The minimum atomic E-state index is -0.290. The molecule has 0 aliphatic rings. The fourth-order valence-electron chi connectivity index (χ4n) is 1.09. The van der Waals surface area contributed by atoms with Crippen LogP contribution in [0.2, 0.25) is 5.60 Å². The summed E-state index contributed by atoms with van der Waals surface area (Å²) in [7, 11) is 1.38. The van der Waals surface area contributed by atoms with Gasteiger partial charge in [-0.05, 0) is 30.2 Å². The molecule has 0 amide bonds. The number of halogens is 1. The number of carbonyl (C=O) groups excluding carboxylic acids is 1. The zero-order chi connectivity index (χ0) is 11.8. The molecule has 0 aliphatic heterocycles. The van der Waals surface area contributed by atoms with Gasteiger partial charge < -0.3 is 4.74 Å². The van der Waals surface area contributed by atoms with Crippen LogP contribution in [0.15, 0.2) is 22.7 Å². The molecule has 0 aromatic heterocycles. The van der Waals surface area contributed by atoms with Gasteiger partial charge in [-0.1, -0.05) is 22.9 Å². The van der Waals surface area contributed by atoms with E-state index in [1.807, 2.05) is 42.4 Å². The number of aryl methyl sites for hydroxylation is 1. The molecule has 0 spiro atoms. The molecule has 0 bridgehead atoms. The molecule has 4 heteroatoms. The molecular formula is C11H14BrLiO2. The zero-order valence-corrected chi connectivity index (χ0v) is 11.2. The molecule has 0 fully saturated rings. The van der Waals surface area contributed by atoms with Crippen LogP contribution in [0.3, 0.4) is 0 Å². The van der Waals surface area contributed by atoms with Gasteiger partial charge in [-0.15, -0.1) is 0 Å². The number of ether oxygens (including phenoxy) is 1. The SMILES string of the molecule is CCc1cc(C(=O)OC)ccc1Br.[Li][CH3]. The summed E-state index contributed by atoms with van der Waals surface area (Å²) in [5.74, 6) is -0.290. The van der Waals surface area contributed by atoms with E-state index in [0.717, 1.165) is 16.5 Å². The zero-order valence-electron chi connectivity index (χ0n) is 9.63. The molecule has 1 aromatic rings. The molecule has 15 heavy (non-hydrogen) atoms. The van der Waals surface area contributed by atoms with Crippen molar-refractivity contribution in [3.8, 4) is 0 Å². The Balaban J connectivity index is 0.000000921. The molecule has 0 saturated heterocycles. The summed E-state index contributed by atoms with van der Waals surface area (Å²) in [6.07, 6.45) is 0.894. The van der Waals surface area contributed by atoms with Gasteiger partial charge in [-0.2, -0.15) is 0 Å². The third-order valence-corrected chi connectivity index (χ3v) is 2.62. The monoisotopic (exact) mass is 264 g/mol. The van der Waals surface area contributed by atoms with Crippen LogP contribution in [0.25, 0.3) is 0 Å². The van der Waals surface area contributed by atoms with Gasteiger partial charge in [-0.25, -0.2) is 4.79 Å².